The zero-order valence-corrected chi connectivity index (χ0v) is 18.2. The fourth-order valence-corrected chi connectivity index (χ4v) is 3.51. The van der Waals surface area contributed by atoms with Crippen LogP contribution in [-0.4, -0.2) is 48.8 Å². The number of nitrogens with zero attached hydrogens (tertiary/aromatic N) is 3. The first-order chi connectivity index (χ1) is 15.2. The molecule has 4 rings (SSSR count). The number of benzene rings is 2. The Bertz CT molecular complexity index is 979. The van der Waals surface area contributed by atoms with E-state index in [4.69, 9.17) is 14.2 Å². The van der Waals surface area contributed by atoms with Crippen molar-refractivity contribution >= 4 is 0 Å². The second kappa shape index (κ2) is 10.3. The van der Waals surface area contributed by atoms with Crippen LogP contribution in [0.25, 0.3) is 0 Å². The number of hydrogen-bond acceptors (Lipinski definition) is 6. The molecule has 2 aromatic carbocycles. The first-order valence-corrected chi connectivity index (χ1v) is 10.5. The summed E-state index contributed by atoms with van der Waals surface area (Å²) in [6.07, 6.45) is 3.75. The smallest absolute Gasteiger partial charge is 0.231 e. The summed E-state index contributed by atoms with van der Waals surface area (Å²) in [6, 6.07) is 18.3. The number of rotatable bonds is 10. The summed E-state index contributed by atoms with van der Waals surface area (Å²) in [6.45, 7) is 4.35. The average molecular weight is 420 g/mol. The quantitative estimate of drug-likeness (QED) is 0.496. The normalized spacial score (nSPS) is 12.5. The van der Waals surface area contributed by atoms with Crippen LogP contribution in [0.4, 0.5) is 0 Å². The summed E-state index contributed by atoms with van der Waals surface area (Å²) in [4.78, 5) is 8.90. The van der Waals surface area contributed by atoms with Crippen molar-refractivity contribution in [3.8, 4) is 17.2 Å². The van der Waals surface area contributed by atoms with E-state index in [2.05, 4.69) is 47.1 Å². The Labute approximate surface area is 184 Å². The van der Waals surface area contributed by atoms with Crippen LogP contribution in [0.2, 0.25) is 0 Å². The number of aromatic nitrogens is 1. The standard InChI is InChI=1S/C25H29N3O3/c1-27(2)12-13-28(16-21-6-5-11-26-15-21)17-22-7-3-4-8-23(22)29-18-20-9-10-24-25(14-20)31-19-30-24/h3-11,14-15H,12-13,16-19H2,1-2H3. The molecule has 6 heteroatoms. The molecule has 0 spiro atoms. The van der Waals surface area contributed by atoms with Crippen LogP contribution in [0, 0.1) is 0 Å². The Morgan fingerprint density at radius 1 is 0.903 bits per heavy atom. The highest BCUT2D eigenvalue weighted by Gasteiger charge is 2.15. The van der Waals surface area contributed by atoms with Gasteiger partial charge in [0.1, 0.15) is 12.4 Å². The van der Waals surface area contributed by atoms with Crippen LogP contribution in [-0.2, 0) is 19.7 Å². The summed E-state index contributed by atoms with van der Waals surface area (Å²) in [5.41, 5.74) is 3.43. The third-order valence-corrected chi connectivity index (χ3v) is 5.19. The van der Waals surface area contributed by atoms with Crippen molar-refractivity contribution in [3.63, 3.8) is 0 Å². The summed E-state index contributed by atoms with van der Waals surface area (Å²) in [5.74, 6) is 2.47. The van der Waals surface area contributed by atoms with Crippen LogP contribution in [0.1, 0.15) is 16.7 Å². The van der Waals surface area contributed by atoms with Crippen LogP contribution < -0.4 is 14.2 Å². The Hall–Kier alpha value is -3.09. The minimum Gasteiger partial charge on any atom is -0.489 e. The van der Waals surface area contributed by atoms with Crippen molar-refractivity contribution in [2.75, 3.05) is 34.0 Å². The summed E-state index contributed by atoms with van der Waals surface area (Å²) < 4.78 is 17.1. The van der Waals surface area contributed by atoms with E-state index < -0.39 is 0 Å². The molecule has 0 aliphatic carbocycles. The van der Waals surface area contributed by atoms with Gasteiger partial charge >= 0.3 is 0 Å². The first kappa shape index (κ1) is 21.2. The van der Waals surface area contributed by atoms with E-state index in [-0.39, 0.29) is 6.79 Å². The van der Waals surface area contributed by atoms with Gasteiger partial charge in [0.05, 0.1) is 0 Å². The fraction of sp³-hybridized carbons (Fsp3) is 0.320. The van der Waals surface area contributed by atoms with Gasteiger partial charge < -0.3 is 19.1 Å². The van der Waals surface area contributed by atoms with Gasteiger partial charge in [-0.05, 0) is 49.5 Å². The van der Waals surface area contributed by atoms with E-state index in [1.807, 2.05) is 48.8 Å². The molecular formula is C25H29N3O3. The zero-order valence-electron chi connectivity index (χ0n) is 18.2. The van der Waals surface area contributed by atoms with Crippen molar-refractivity contribution in [1.82, 2.24) is 14.8 Å². The van der Waals surface area contributed by atoms with Crippen LogP contribution >= 0.6 is 0 Å². The molecule has 0 radical (unpaired) electrons. The van der Waals surface area contributed by atoms with Crippen molar-refractivity contribution < 1.29 is 14.2 Å². The highest BCUT2D eigenvalue weighted by molar-refractivity contribution is 5.44. The van der Waals surface area contributed by atoms with Gasteiger partial charge in [-0.15, -0.1) is 0 Å². The number of para-hydroxylation sites is 1. The Kier molecular flexibility index (Phi) is 7.02. The monoisotopic (exact) mass is 419 g/mol. The molecule has 3 aromatic rings. The van der Waals surface area contributed by atoms with Gasteiger partial charge in [-0.3, -0.25) is 9.88 Å². The second-order valence-corrected chi connectivity index (χ2v) is 7.96. The third-order valence-electron chi connectivity index (χ3n) is 5.19. The van der Waals surface area contributed by atoms with Crippen molar-refractivity contribution in [1.29, 1.82) is 0 Å². The van der Waals surface area contributed by atoms with Gasteiger partial charge in [-0.25, -0.2) is 0 Å². The molecule has 6 nitrogen and oxygen atoms in total. The minimum absolute atomic E-state index is 0.280. The first-order valence-electron chi connectivity index (χ1n) is 10.5. The molecule has 0 saturated carbocycles. The SMILES string of the molecule is CN(C)CCN(Cc1cccnc1)Cc1ccccc1OCc1ccc2c(c1)OCO2. The Balaban J connectivity index is 1.44. The molecule has 0 saturated heterocycles. The molecule has 0 amide bonds. The lowest BCUT2D eigenvalue weighted by Crippen LogP contribution is -2.31. The predicted octanol–water partition coefficient (Wildman–Crippen LogP) is 3.95. The van der Waals surface area contributed by atoms with E-state index >= 15 is 0 Å². The molecule has 1 aromatic heterocycles. The van der Waals surface area contributed by atoms with Crippen molar-refractivity contribution in [2.24, 2.45) is 0 Å². The van der Waals surface area contributed by atoms with Gasteiger partial charge in [-0.1, -0.05) is 30.3 Å². The van der Waals surface area contributed by atoms with E-state index in [0.717, 1.165) is 49.0 Å². The molecule has 1 aliphatic heterocycles. The van der Waals surface area contributed by atoms with Crippen molar-refractivity contribution in [2.45, 2.75) is 19.7 Å². The molecule has 0 N–H and O–H groups in total. The van der Waals surface area contributed by atoms with E-state index in [1.165, 1.54) is 11.1 Å². The predicted molar refractivity (Wildman–Crippen MR) is 120 cm³/mol. The topological polar surface area (TPSA) is 47.1 Å². The third kappa shape index (κ3) is 5.96. The Morgan fingerprint density at radius 3 is 2.61 bits per heavy atom. The lowest BCUT2D eigenvalue weighted by atomic mass is 10.1. The number of hydrogen-bond donors (Lipinski definition) is 0. The lowest BCUT2D eigenvalue weighted by Gasteiger charge is -2.25. The molecule has 162 valence electrons. The molecular weight excluding hydrogens is 390 g/mol. The number of ether oxygens (including phenoxy) is 3. The molecule has 0 unspecified atom stereocenters. The summed E-state index contributed by atoms with van der Waals surface area (Å²) in [7, 11) is 4.20. The molecule has 0 bridgehead atoms. The number of fused-ring (bicyclic) bond motifs is 1. The van der Waals surface area contributed by atoms with E-state index in [0.29, 0.717) is 6.61 Å². The van der Waals surface area contributed by atoms with Crippen LogP contribution in [0.5, 0.6) is 17.2 Å². The zero-order chi connectivity index (χ0) is 21.5. The summed E-state index contributed by atoms with van der Waals surface area (Å²) >= 11 is 0. The molecule has 1 aliphatic rings. The highest BCUT2D eigenvalue weighted by atomic mass is 16.7. The fourth-order valence-electron chi connectivity index (χ4n) is 3.51. The molecule has 0 atom stereocenters. The van der Waals surface area contributed by atoms with Gasteiger partial charge in [0.15, 0.2) is 11.5 Å². The minimum atomic E-state index is 0.280. The van der Waals surface area contributed by atoms with E-state index in [9.17, 15) is 0 Å². The second-order valence-electron chi connectivity index (χ2n) is 7.96. The van der Waals surface area contributed by atoms with Gasteiger partial charge in [0, 0.05) is 44.1 Å². The summed E-state index contributed by atoms with van der Waals surface area (Å²) in [5, 5.41) is 0. The average Bonchev–Trinajstić information content (AvgIpc) is 3.25. The van der Waals surface area contributed by atoms with E-state index in [1.54, 1.807) is 0 Å². The van der Waals surface area contributed by atoms with Crippen LogP contribution in [0.3, 0.4) is 0 Å². The Morgan fingerprint density at radius 2 is 1.77 bits per heavy atom. The van der Waals surface area contributed by atoms with Gasteiger partial charge in [-0.2, -0.15) is 0 Å². The lowest BCUT2D eigenvalue weighted by molar-refractivity contribution is 0.174. The number of likely N-dealkylation sites (N-methyl/N-ethyl adjacent to an activating group) is 1. The molecule has 31 heavy (non-hydrogen) atoms. The van der Waals surface area contributed by atoms with Gasteiger partial charge in [0.2, 0.25) is 6.79 Å². The number of pyridine rings is 1. The van der Waals surface area contributed by atoms with Crippen LogP contribution in [0.15, 0.2) is 67.0 Å². The van der Waals surface area contributed by atoms with Gasteiger partial charge in [0.25, 0.3) is 0 Å². The molecule has 2 heterocycles. The highest BCUT2D eigenvalue weighted by Crippen LogP contribution is 2.33. The maximum Gasteiger partial charge on any atom is 0.231 e. The van der Waals surface area contributed by atoms with Crippen molar-refractivity contribution in [3.05, 3.63) is 83.7 Å². The largest absolute Gasteiger partial charge is 0.489 e. The maximum atomic E-state index is 6.21. The maximum absolute atomic E-state index is 6.21. The molecule has 0 fully saturated rings.